The Balaban J connectivity index is 1.51. The fourth-order valence-corrected chi connectivity index (χ4v) is 3.47. The van der Waals surface area contributed by atoms with Crippen LogP contribution >= 0.6 is 0 Å². The van der Waals surface area contributed by atoms with Gasteiger partial charge in [0.15, 0.2) is 0 Å². The lowest BCUT2D eigenvalue weighted by molar-refractivity contribution is 0.00578. The van der Waals surface area contributed by atoms with Crippen LogP contribution < -0.4 is 5.46 Å². The van der Waals surface area contributed by atoms with Crippen molar-refractivity contribution in [1.82, 2.24) is 9.88 Å². The van der Waals surface area contributed by atoms with Gasteiger partial charge in [-0.05, 0) is 79.4 Å². The number of rotatable bonds is 3. The van der Waals surface area contributed by atoms with E-state index in [9.17, 15) is 4.79 Å². The molecule has 0 aliphatic carbocycles. The molecule has 164 valence electrons. The van der Waals surface area contributed by atoms with Gasteiger partial charge in [0.1, 0.15) is 5.60 Å². The molecule has 6 nitrogen and oxygen atoms in total. The van der Waals surface area contributed by atoms with Gasteiger partial charge in [-0.25, -0.2) is 4.79 Å². The second-order valence-corrected chi connectivity index (χ2v) is 10.3. The molecule has 7 heteroatoms. The molecule has 2 aliphatic rings. The van der Waals surface area contributed by atoms with Gasteiger partial charge in [-0.1, -0.05) is 12.1 Å². The van der Waals surface area contributed by atoms with Crippen LogP contribution in [0.15, 0.2) is 24.4 Å². The topological polar surface area (TPSA) is 60.9 Å². The predicted octanol–water partition coefficient (Wildman–Crippen LogP) is 4.04. The van der Waals surface area contributed by atoms with Crippen molar-refractivity contribution < 1.29 is 18.8 Å². The first kappa shape index (κ1) is 22.8. The van der Waals surface area contributed by atoms with Crippen molar-refractivity contribution in [3.05, 3.63) is 30.1 Å². The third-order valence-electron chi connectivity index (χ3n) is 6.07. The summed E-state index contributed by atoms with van der Waals surface area (Å²) in [5, 5.41) is 0. The molecule has 30 heavy (non-hydrogen) atoms. The van der Waals surface area contributed by atoms with E-state index in [-0.39, 0.29) is 17.3 Å². The lowest BCUT2D eigenvalue weighted by Gasteiger charge is -2.32. The van der Waals surface area contributed by atoms with Crippen molar-refractivity contribution >= 4 is 24.8 Å². The Morgan fingerprint density at radius 3 is 2.27 bits per heavy atom. The normalized spacial score (nSPS) is 22.0. The zero-order chi connectivity index (χ0) is 22.2. The van der Waals surface area contributed by atoms with E-state index >= 15 is 0 Å². The van der Waals surface area contributed by atoms with E-state index in [1.165, 1.54) is 0 Å². The standard InChI is InChI=1S/C23H35BN2O4/c1-21(2,3)28-20(27)26-14-12-17(13-15-26)8-10-19-11-9-18(16-25-19)24-29-22(4,5)23(6,7)30-24/h8-11,16-17H,12-15H2,1-7H3/b10-8+. The summed E-state index contributed by atoms with van der Waals surface area (Å²) in [6.07, 6.45) is 7.73. The Labute approximate surface area is 181 Å². The molecule has 0 bridgehead atoms. The van der Waals surface area contributed by atoms with Gasteiger partial charge in [0.2, 0.25) is 0 Å². The number of amides is 1. The summed E-state index contributed by atoms with van der Waals surface area (Å²) in [7, 11) is -0.391. The molecule has 0 aromatic carbocycles. The van der Waals surface area contributed by atoms with Crippen molar-refractivity contribution in [3.8, 4) is 0 Å². The molecule has 0 spiro atoms. The van der Waals surface area contributed by atoms with Gasteiger partial charge in [-0.2, -0.15) is 0 Å². The van der Waals surface area contributed by atoms with Crippen molar-refractivity contribution in [2.75, 3.05) is 13.1 Å². The summed E-state index contributed by atoms with van der Waals surface area (Å²) < 4.78 is 17.6. The molecule has 1 aromatic rings. The highest BCUT2D eigenvalue weighted by Crippen LogP contribution is 2.36. The number of aromatic nitrogens is 1. The minimum atomic E-state index is -0.453. The third-order valence-corrected chi connectivity index (χ3v) is 6.07. The summed E-state index contributed by atoms with van der Waals surface area (Å²) >= 11 is 0. The SMILES string of the molecule is CC(C)(C)OC(=O)N1CCC(/C=C/c2ccc(B3OC(C)(C)C(C)(C)O3)cn2)CC1. The van der Waals surface area contributed by atoms with Gasteiger partial charge >= 0.3 is 13.2 Å². The number of carbonyl (C=O) groups is 1. The maximum Gasteiger partial charge on any atom is 0.496 e. The van der Waals surface area contributed by atoms with Crippen LogP contribution in [0.2, 0.25) is 0 Å². The number of nitrogens with zero attached hydrogens (tertiary/aromatic N) is 2. The Hall–Kier alpha value is -1.86. The third kappa shape index (κ3) is 5.44. The van der Waals surface area contributed by atoms with Gasteiger partial charge in [0, 0.05) is 24.7 Å². The number of hydrogen-bond acceptors (Lipinski definition) is 5. The zero-order valence-electron chi connectivity index (χ0n) is 19.4. The molecule has 3 rings (SSSR count). The zero-order valence-corrected chi connectivity index (χ0v) is 19.4. The predicted molar refractivity (Wildman–Crippen MR) is 120 cm³/mol. The molecule has 0 radical (unpaired) electrons. The molecular formula is C23H35BN2O4. The van der Waals surface area contributed by atoms with E-state index in [0.29, 0.717) is 5.92 Å². The maximum atomic E-state index is 12.2. The molecule has 1 amide bonds. The second-order valence-electron chi connectivity index (χ2n) is 10.3. The molecule has 0 saturated carbocycles. The molecule has 0 atom stereocenters. The van der Waals surface area contributed by atoms with Crippen molar-refractivity contribution in [3.63, 3.8) is 0 Å². The highest BCUT2D eigenvalue weighted by molar-refractivity contribution is 6.62. The number of piperidine rings is 1. The highest BCUT2D eigenvalue weighted by Gasteiger charge is 2.51. The van der Waals surface area contributed by atoms with E-state index in [4.69, 9.17) is 14.0 Å². The highest BCUT2D eigenvalue weighted by atomic mass is 16.7. The monoisotopic (exact) mass is 414 g/mol. The minimum absolute atomic E-state index is 0.218. The lowest BCUT2D eigenvalue weighted by atomic mass is 9.80. The fraction of sp³-hybridized carbons (Fsp3) is 0.652. The molecule has 0 N–H and O–H groups in total. The quantitative estimate of drug-likeness (QED) is 0.699. The minimum Gasteiger partial charge on any atom is -0.444 e. The lowest BCUT2D eigenvalue weighted by Crippen LogP contribution is -2.41. The molecular weight excluding hydrogens is 379 g/mol. The summed E-state index contributed by atoms with van der Waals surface area (Å²) in [6, 6.07) is 4.01. The number of pyridine rings is 1. The summed E-state index contributed by atoms with van der Waals surface area (Å²) in [5.41, 5.74) is 0.668. The van der Waals surface area contributed by atoms with E-state index < -0.39 is 12.7 Å². The van der Waals surface area contributed by atoms with Crippen molar-refractivity contribution in [2.24, 2.45) is 5.92 Å². The maximum absolute atomic E-state index is 12.2. The fourth-order valence-electron chi connectivity index (χ4n) is 3.47. The molecule has 2 fully saturated rings. The van der Waals surface area contributed by atoms with Gasteiger partial charge in [-0.15, -0.1) is 0 Å². The molecule has 2 saturated heterocycles. The van der Waals surface area contributed by atoms with E-state index in [2.05, 4.69) is 17.1 Å². The Morgan fingerprint density at radius 2 is 1.77 bits per heavy atom. The Bertz CT molecular complexity index is 759. The Kier molecular flexibility index (Phi) is 6.35. The second kappa shape index (κ2) is 8.35. The average Bonchev–Trinajstić information content (AvgIpc) is 2.87. The Morgan fingerprint density at radius 1 is 1.17 bits per heavy atom. The molecule has 0 unspecified atom stereocenters. The number of hydrogen-bond donors (Lipinski definition) is 0. The van der Waals surface area contributed by atoms with E-state index in [0.717, 1.165) is 37.1 Å². The van der Waals surface area contributed by atoms with E-state index in [1.54, 1.807) is 4.90 Å². The van der Waals surface area contributed by atoms with Gasteiger partial charge in [-0.3, -0.25) is 4.98 Å². The van der Waals surface area contributed by atoms with Crippen molar-refractivity contribution in [1.29, 1.82) is 0 Å². The number of likely N-dealkylation sites (tertiary alicyclic amines) is 1. The van der Waals surface area contributed by atoms with Crippen LogP contribution in [0.5, 0.6) is 0 Å². The van der Waals surface area contributed by atoms with Gasteiger partial charge < -0.3 is 18.9 Å². The first-order chi connectivity index (χ1) is 13.9. The summed E-state index contributed by atoms with van der Waals surface area (Å²) in [4.78, 5) is 18.5. The van der Waals surface area contributed by atoms with Crippen molar-refractivity contribution in [2.45, 2.75) is 78.1 Å². The smallest absolute Gasteiger partial charge is 0.444 e. The number of carbonyl (C=O) groups excluding carboxylic acids is 1. The average molecular weight is 414 g/mol. The first-order valence-electron chi connectivity index (χ1n) is 10.8. The van der Waals surface area contributed by atoms with Gasteiger partial charge in [0.05, 0.1) is 16.9 Å². The van der Waals surface area contributed by atoms with Crippen LogP contribution in [-0.2, 0) is 14.0 Å². The number of allylic oxidation sites excluding steroid dienone is 1. The summed E-state index contributed by atoms with van der Waals surface area (Å²) in [5.74, 6) is 0.438. The van der Waals surface area contributed by atoms with Crippen LogP contribution in [0, 0.1) is 5.92 Å². The van der Waals surface area contributed by atoms with Crippen LogP contribution in [0.4, 0.5) is 4.79 Å². The largest absolute Gasteiger partial charge is 0.496 e. The summed E-state index contributed by atoms with van der Waals surface area (Å²) in [6.45, 7) is 15.3. The molecule has 2 aliphatic heterocycles. The molecule has 3 heterocycles. The van der Waals surface area contributed by atoms with Crippen LogP contribution in [0.1, 0.15) is 67.0 Å². The van der Waals surface area contributed by atoms with E-state index in [1.807, 2.05) is 66.8 Å². The number of ether oxygens (including phenoxy) is 1. The van der Waals surface area contributed by atoms with Crippen LogP contribution in [-0.4, -0.2) is 53.0 Å². The van der Waals surface area contributed by atoms with Gasteiger partial charge in [0.25, 0.3) is 0 Å². The van der Waals surface area contributed by atoms with Crippen LogP contribution in [0.3, 0.4) is 0 Å². The molecule has 1 aromatic heterocycles. The first-order valence-corrected chi connectivity index (χ1v) is 10.8. The van der Waals surface area contributed by atoms with Crippen LogP contribution in [0.25, 0.3) is 6.08 Å².